The number of phenols is 1. The number of nitrogens with zero attached hydrogens (tertiary/aromatic N) is 2. The van der Waals surface area contributed by atoms with Gasteiger partial charge in [-0.1, -0.05) is 13.0 Å². The molecule has 1 saturated heterocycles. The number of hydrogen-bond acceptors (Lipinski definition) is 3. The lowest BCUT2D eigenvalue weighted by molar-refractivity contribution is 0.0747. The van der Waals surface area contributed by atoms with Crippen LogP contribution in [0.3, 0.4) is 0 Å². The molecule has 110 valence electrons. The molecule has 0 aliphatic carbocycles. The summed E-state index contributed by atoms with van der Waals surface area (Å²) >= 11 is 0. The van der Waals surface area contributed by atoms with Crippen molar-refractivity contribution in [3.8, 4) is 5.75 Å². The molecular formula is C15H21FN2O2. The molecule has 1 N–H and O–H groups in total. The van der Waals surface area contributed by atoms with E-state index in [9.17, 15) is 14.3 Å². The van der Waals surface area contributed by atoms with E-state index in [4.69, 9.17) is 0 Å². The third-order valence-electron chi connectivity index (χ3n) is 3.94. The maximum Gasteiger partial charge on any atom is 0.260 e. The van der Waals surface area contributed by atoms with E-state index in [1.807, 2.05) is 0 Å². The summed E-state index contributed by atoms with van der Waals surface area (Å²) in [6.07, 6.45) is 2.18. The topological polar surface area (TPSA) is 43.8 Å². The monoisotopic (exact) mass is 280 g/mol. The fourth-order valence-corrected chi connectivity index (χ4v) is 2.83. The molecule has 20 heavy (non-hydrogen) atoms. The lowest BCUT2D eigenvalue weighted by Crippen LogP contribution is -2.41. The second kappa shape index (κ2) is 6.22. The summed E-state index contributed by atoms with van der Waals surface area (Å²) in [7, 11) is 1.65. The molecule has 4 nitrogen and oxygen atoms in total. The van der Waals surface area contributed by atoms with Gasteiger partial charge in [0, 0.05) is 19.6 Å². The van der Waals surface area contributed by atoms with Gasteiger partial charge < -0.3 is 10.0 Å². The zero-order chi connectivity index (χ0) is 14.7. The third kappa shape index (κ3) is 2.93. The van der Waals surface area contributed by atoms with E-state index in [0.717, 1.165) is 25.9 Å². The van der Waals surface area contributed by atoms with Crippen LogP contribution in [0, 0.1) is 5.82 Å². The molecule has 1 atom stereocenters. The number of aromatic hydroxyl groups is 1. The van der Waals surface area contributed by atoms with Crippen molar-refractivity contribution in [1.82, 2.24) is 9.80 Å². The van der Waals surface area contributed by atoms with Crippen LogP contribution in [-0.2, 0) is 0 Å². The van der Waals surface area contributed by atoms with Gasteiger partial charge in [-0.3, -0.25) is 9.69 Å². The highest BCUT2D eigenvalue weighted by molar-refractivity contribution is 5.96. The molecule has 1 heterocycles. The molecule has 1 aromatic rings. The number of likely N-dealkylation sites (tertiary alicyclic amines) is 1. The summed E-state index contributed by atoms with van der Waals surface area (Å²) < 4.78 is 13.7. The van der Waals surface area contributed by atoms with Crippen LogP contribution < -0.4 is 0 Å². The number of likely N-dealkylation sites (N-methyl/N-ethyl adjacent to an activating group) is 2. The summed E-state index contributed by atoms with van der Waals surface area (Å²) in [5.41, 5.74) is -0.240. The highest BCUT2D eigenvalue weighted by Gasteiger charge is 2.27. The van der Waals surface area contributed by atoms with Gasteiger partial charge in [-0.15, -0.1) is 0 Å². The van der Waals surface area contributed by atoms with Crippen LogP contribution in [0.4, 0.5) is 4.39 Å². The standard InChI is InChI=1S/C15H21FN2O2/c1-3-18-9-5-6-11(18)10-17(2)15(20)14-12(16)7-4-8-13(14)19/h4,7-8,11,19H,3,5-6,9-10H2,1-2H3. The van der Waals surface area contributed by atoms with Crippen LogP contribution in [0.1, 0.15) is 30.1 Å². The molecule has 1 aliphatic rings. The van der Waals surface area contributed by atoms with Crippen molar-refractivity contribution in [3.05, 3.63) is 29.6 Å². The zero-order valence-corrected chi connectivity index (χ0v) is 12.0. The zero-order valence-electron chi connectivity index (χ0n) is 12.0. The SMILES string of the molecule is CCN1CCCC1CN(C)C(=O)c1c(O)cccc1F. The second-order valence-corrected chi connectivity index (χ2v) is 5.24. The smallest absolute Gasteiger partial charge is 0.260 e. The average Bonchev–Trinajstić information content (AvgIpc) is 2.85. The number of carbonyl (C=O) groups excluding carboxylic acids is 1. The van der Waals surface area contributed by atoms with Crippen molar-refractivity contribution < 1.29 is 14.3 Å². The van der Waals surface area contributed by atoms with Gasteiger partial charge in [0.1, 0.15) is 17.1 Å². The van der Waals surface area contributed by atoms with Gasteiger partial charge >= 0.3 is 0 Å². The number of benzene rings is 1. The Kier molecular flexibility index (Phi) is 4.60. The lowest BCUT2D eigenvalue weighted by atomic mass is 10.1. The molecule has 0 radical (unpaired) electrons. The molecule has 0 bridgehead atoms. The fourth-order valence-electron chi connectivity index (χ4n) is 2.83. The van der Waals surface area contributed by atoms with Gasteiger partial charge in [-0.25, -0.2) is 4.39 Å². The Hall–Kier alpha value is -1.62. The first kappa shape index (κ1) is 14.8. The minimum absolute atomic E-state index is 0.240. The molecule has 0 spiro atoms. The number of carbonyl (C=O) groups is 1. The predicted molar refractivity (Wildman–Crippen MR) is 75.3 cm³/mol. The fraction of sp³-hybridized carbons (Fsp3) is 0.533. The van der Waals surface area contributed by atoms with Crippen LogP contribution >= 0.6 is 0 Å². The van der Waals surface area contributed by atoms with Gasteiger partial charge in [0.05, 0.1) is 0 Å². The maximum absolute atomic E-state index is 13.7. The largest absolute Gasteiger partial charge is 0.507 e. The number of amides is 1. The van der Waals surface area contributed by atoms with Crippen molar-refractivity contribution in [2.24, 2.45) is 0 Å². The molecule has 5 heteroatoms. The van der Waals surface area contributed by atoms with E-state index in [-0.39, 0.29) is 11.3 Å². The molecular weight excluding hydrogens is 259 g/mol. The summed E-state index contributed by atoms with van der Waals surface area (Å²) in [4.78, 5) is 16.1. The van der Waals surface area contributed by atoms with Gasteiger partial charge in [-0.05, 0) is 38.1 Å². The lowest BCUT2D eigenvalue weighted by Gasteiger charge is -2.28. The first-order valence-corrected chi connectivity index (χ1v) is 7.01. The van der Waals surface area contributed by atoms with Crippen LogP contribution in [0.25, 0.3) is 0 Å². The summed E-state index contributed by atoms with van der Waals surface area (Å²) in [5, 5.41) is 9.67. The number of phenolic OH excluding ortho intramolecular Hbond substituents is 1. The van der Waals surface area contributed by atoms with Crippen molar-refractivity contribution in [2.45, 2.75) is 25.8 Å². The van der Waals surface area contributed by atoms with Crippen LogP contribution in [0.15, 0.2) is 18.2 Å². The van der Waals surface area contributed by atoms with Crippen LogP contribution in [0.2, 0.25) is 0 Å². The quantitative estimate of drug-likeness (QED) is 0.918. The summed E-state index contributed by atoms with van der Waals surface area (Å²) in [5.74, 6) is -1.45. The number of rotatable bonds is 4. The Morgan fingerprint density at radius 1 is 1.55 bits per heavy atom. The Morgan fingerprint density at radius 2 is 2.30 bits per heavy atom. The first-order valence-electron chi connectivity index (χ1n) is 7.01. The molecule has 0 aromatic heterocycles. The molecule has 1 aromatic carbocycles. The molecule has 1 amide bonds. The van der Waals surface area contributed by atoms with E-state index in [0.29, 0.717) is 12.6 Å². The highest BCUT2D eigenvalue weighted by Crippen LogP contribution is 2.23. The van der Waals surface area contributed by atoms with Crippen LogP contribution in [-0.4, -0.2) is 53.5 Å². The van der Waals surface area contributed by atoms with E-state index in [2.05, 4.69) is 11.8 Å². The van der Waals surface area contributed by atoms with Crippen LogP contribution in [0.5, 0.6) is 5.75 Å². The van der Waals surface area contributed by atoms with Crippen molar-refractivity contribution in [2.75, 3.05) is 26.7 Å². The van der Waals surface area contributed by atoms with Crippen molar-refractivity contribution in [1.29, 1.82) is 0 Å². The molecule has 0 saturated carbocycles. The Bertz CT molecular complexity index is 473. The first-order chi connectivity index (χ1) is 9.54. The normalized spacial score (nSPS) is 19.2. The highest BCUT2D eigenvalue weighted by atomic mass is 19.1. The third-order valence-corrected chi connectivity index (χ3v) is 3.94. The van der Waals surface area contributed by atoms with E-state index >= 15 is 0 Å². The van der Waals surface area contributed by atoms with Crippen molar-refractivity contribution in [3.63, 3.8) is 0 Å². The van der Waals surface area contributed by atoms with E-state index in [1.165, 1.54) is 23.1 Å². The van der Waals surface area contributed by atoms with E-state index < -0.39 is 11.7 Å². The second-order valence-electron chi connectivity index (χ2n) is 5.24. The Labute approximate surface area is 118 Å². The van der Waals surface area contributed by atoms with Crippen molar-refractivity contribution >= 4 is 5.91 Å². The molecule has 2 rings (SSSR count). The van der Waals surface area contributed by atoms with Gasteiger partial charge in [0.25, 0.3) is 5.91 Å². The minimum Gasteiger partial charge on any atom is -0.507 e. The molecule has 1 aliphatic heterocycles. The Morgan fingerprint density at radius 3 is 2.95 bits per heavy atom. The maximum atomic E-state index is 13.7. The van der Waals surface area contributed by atoms with Gasteiger partial charge in [0.2, 0.25) is 0 Å². The predicted octanol–water partition coefficient (Wildman–Crippen LogP) is 2.09. The molecule has 1 unspecified atom stereocenters. The number of halogens is 1. The van der Waals surface area contributed by atoms with Gasteiger partial charge in [-0.2, -0.15) is 0 Å². The summed E-state index contributed by atoms with van der Waals surface area (Å²) in [6.45, 7) is 4.66. The van der Waals surface area contributed by atoms with Gasteiger partial charge in [0.15, 0.2) is 0 Å². The average molecular weight is 280 g/mol. The van der Waals surface area contributed by atoms with E-state index in [1.54, 1.807) is 7.05 Å². The number of hydrogen-bond donors (Lipinski definition) is 1. The molecule has 1 fully saturated rings. The summed E-state index contributed by atoms with van der Waals surface area (Å²) in [6, 6.07) is 4.23. The Balaban J connectivity index is 2.09. The minimum atomic E-state index is -0.680.